The smallest absolute Gasteiger partial charge is 0.267 e. The lowest BCUT2D eigenvalue weighted by Gasteiger charge is -2.09. The van der Waals surface area contributed by atoms with Crippen molar-refractivity contribution < 1.29 is 0 Å². The van der Waals surface area contributed by atoms with Crippen molar-refractivity contribution in [2.75, 3.05) is 0 Å². The molecule has 0 saturated carbocycles. The Balaban J connectivity index is 1.84. The molecule has 4 aromatic rings. The zero-order valence-corrected chi connectivity index (χ0v) is 16.5. The highest BCUT2D eigenvalue weighted by molar-refractivity contribution is 9.12. The Bertz CT molecular complexity index is 1230. The third-order valence-corrected chi connectivity index (χ3v) is 4.62. The van der Waals surface area contributed by atoms with E-state index in [9.17, 15) is 4.79 Å². The van der Waals surface area contributed by atoms with E-state index in [2.05, 4.69) is 26.0 Å². The molecule has 3 aromatic carbocycles. The van der Waals surface area contributed by atoms with Crippen LogP contribution >= 0.6 is 15.9 Å². The third-order valence-electron chi connectivity index (χ3n) is 4.19. The predicted molar refractivity (Wildman–Crippen MR) is 119 cm³/mol. The van der Waals surface area contributed by atoms with Gasteiger partial charge < -0.3 is 0 Å². The average molecular weight is 430 g/mol. The van der Waals surface area contributed by atoms with Crippen LogP contribution < -0.4 is 5.56 Å². The summed E-state index contributed by atoms with van der Waals surface area (Å²) in [6.07, 6.45) is 3.54. The van der Waals surface area contributed by atoms with Gasteiger partial charge in [0.15, 0.2) is 5.82 Å². The minimum Gasteiger partial charge on any atom is -0.267 e. The highest BCUT2D eigenvalue weighted by atomic mass is 79.9. The maximum absolute atomic E-state index is 13.1. The topological polar surface area (TPSA) is 47.2 Å². The molecular formula is C23H16BrN3O. The molecule has 0 fully saturated rings. The summed E-state index contributed by atoms with van der Waals surface area (Å²) in [6, 6.07) is 26.8. The standard InChI is InChI=1S/C23H16BrN3O/c24-19(15-17-9-3-1-4-10-17)16-25-27-22(18-11-5-2-6-12-18)26-21-14-8-7-13-20(21)23(27)28/h1-16H/b19-15-,25-16-. The summed E-state index contributed by atoms with van der Waals surface area (Å²) in [5.41, 5.74) is 2.30. The van der Waals surface area contributed by atoms with Gasteiger partial charge in [-0.15, -0.1) is 0 Å². The number of aromatic nitrogens is 2. The Labute approximate surface area is 170 Å². The Morgan fingerprint density at radius 3 is 2.29 bits per heavy atom. The number of benzene rings is 3. The molecule has 5 heteroatoms. The lowest BCUT2D eigenvalue weighted by atomic mass is 10.2. The second kappa shape index (κ2) is 8.15. The summed E-state index contributed by atoms with van der Waals surface area (Å²) in [5.74, 6) is 0.501. The molecule has 1 heterocycles. The van der Waals surface area contributed by atoms with Gasteiger partial charge in [0.1, 0.15) is 0 Å². The predicted octanol–water partition coefficient (Wildman–Crippen LogP) is 5.33. The molecule has 4 rings (SSSR count). The van der Waals surface area contributed by atoms with Gasteiger partial charge in [-0.25, -0.2) is 4.98 Å². The number of hydrogen-bond acceptors (Lipinski definition) is 3. The molecule has 4 nitrogen and oxygen atoms in total. The van der Waals surface area contributed by atoms with Gasteiger partial charge in [0.2, 0.25) is 0 Å². The van der Waals surface area contributed by atoms with Crippen LogP contribution in [-0.2, 0) is 0 Å². The van der Waals surface area contributed by atoms with Crippen LogP contribution in [0.4, 0.5) is 0 Å². The van der Waals surface area contributed by atoms with Crippen LogP contribution in [-0.4, -0.2) is 15.9 Å². The van der Waals surface area contributed by atoms with E-state index < -0.39 is 0 Å². The second-order valence-electron chi connectivity index (χ2n) is 6.12. The number of nitrogens with zero attached hydrogens (tertiary/aromatic N) is 3. The van der Waals surface area contributed by atoms with E-state index in [4.69, 9.17) is 0 Å². The van der Waals surface area contributed by atoms with Gasteiger partial charge in [0.05, 0.1) is 17.1 Å². The first-order valence-electron chi connectivity index (χ1n) is 8.76. The van der Waals surface area contributed by atoms with Crippen LogP contribution in [0.2, 0.25) is 0 Å². The molecule has 0 aliphatic rings. The van der Waals surface area contributed by atoms with E-state index in [1.165, 1.54) is 4.68 Å². The largest absolute Gasteiger partial charge is 0.282 e. The lowest BCUT2D eigenvalue weighted by Crippen LogP contribution is -2.20. The molecule has 0 atom stereocenters. The molecule has 0 saturated heterocycles. The van der Waals surface area contributed by atoms with Crippen LogP contribution in [0.25, 0.3) is 28.4 Å². The summed E-state index contributed by atoms with van der Waals surface area (Å²) in [6.45, 7) is 0. The Morgan fingerprint density at radius 1 is 0.893 bits per heavy atom. The first kappa shape index (κ1) is 18.1. The highest BCUT2D eigenvalue weighted by Crippen LogP contribution is 2.19. The number of para-hydroxylation sites is 1. The van der Waals surface area contributed by atoms with Crippen molar-refractivity contribution in [2.24, 2.45) is 5.10 Å². The van der Waals surface area contributed by atoms with Gasteiger partial charge in [-0.1, -0.05) is 72.8 Å². The van der Waals surface area contributed by atoms with Gasteiger partial charge >= 0.3 is 0 Å². The van der Waals surface area contributed by atoms with E-state index in [-0.39, 0.29) is 5.56 Å². The number of hydrogen-bond donors (Lipinski definition) is 0. The molecule has 0 radical (unpaired) electrons. The third kappa shape index (κ3) is 3.85. The SMILES string of the molecule is O=c1c2ccccc2nc(-c2ccccc2)n1/N=C\C(Br)=C\c1ccccc1. The number of rotatable bonds is 4. The monoisotopic (exact) mass is 429 g/mol. The van der Waals surface area contributed by atoms with Gasteiger partial charge in [-0.05, 0) is 39.7 Å². The van der Waals surface area contributed by atoms with Crippen molar-refractivity contribution in [3.63, 3.8) is 0 Å². The van der Waals surface area contributed by atoms with Crippen LogP contribution in [0.15, 0.2) is 99.3 Å². The quantitative estimate of drug-likeness (QED) is 0.411. The molecule has 0 aliphatic carbocycles. The van der Waals surface area contributed by atoms with Crippen molar-refractivity contribution in [3.05, 3.63) is 105 Å². The molecule has 0 aliphatic heterocycles. The van der Waals surface area contributed by atoms with Crippen LogP contribution in [0, 0.1) is 0 Å². The molecule has 0 N–H and O–H groups in total. The van der Waals surface area contributed by atoms with Gasteiger partial charge in [-0.2, -0.15) is 9.78 Å². The highest BCUT2D eigenvalue weighted by Gasteiger charge is 2.11. The van der Waals surface area contributed by atoms with E-state index in [1.54, 1.807) is 12.3 Å². The molecule has 1 aromatic heterocycles. The minimum absolute atomic E-state index is 0.208. The Hall–Kier alpha value is -3.31. The zero-order chi connectivity index (χ0) is 19.3. The van der Waals surface area contributed by atoms with E-state index in [1.807, 2.05) is 84.9 Å². The maximum Gasteiger partial charge on any atom is 0.282 e. The zero-order valence-electron chi connectivity index (χ0n) is 14.9. The van der Waals surface area contributed by atoms with Crippen LogP contribution in [0.1, 0.15) is 5.56 Å². The molecule has 0 unspecified atom stereocenters. The number of fused-ring (bicyclic) bond motifs is 1. The Kier molecular flexibility index (Phi) is 5.26. The number of allylic oxidation sites excluding steroid dienone is 1. The average Bonchev–Trinajstić information content (AvgIpc) is 2.74. The van der Waals surface area contributed by atoms with Gasteiger partial charge in [-0.3, -0.25) is 4.79 Å². The normalized spacial score (nSPS) is 12.0. The van der Waals surface area contributed by atoms with E-state index >= 15 is 0 Å². The van der Waals surface area contributed by atoms with Crippen molar-refractivity contribution in [1.82, 2.24) is 9.66 Å². The molecule has 0 spiro atoms. The van der Waals surface area contributed by atoms with E-state index in [0.29, 0.717) is 16.7 Å². The van der Waals surface area contributed by atoms with Crippen LogP contribution in [0.5, 0.6) is 0 Å². The molecule has 136 valence electrons. The maximum atomic E-state index is 13.1. The van der Waals surface area contributed by atoms with Gasteiger partial charge in [0.25, 0.3) is 5.56 Å². The Morgan fingerprint density at radius 2 is 1.54 bits per heavy atom. The summed E-state index contributed by atoms with van der Waals surface area (Å²) < 4.78 is 2.09. The van der Waals surface area contributed by atoms with Crippen molar-refractivity contribution >= 4 is 39.1 Å². The van der Waals surface area contributed by atoms with E-state index in [0.717, 1.165) is 15.6 Å². The summed E-state index contributed by atoms with van der Waals surface area (Å²) in [7, 11) is 0. The van der Waals surface area contributed by atoms with Gasteiger partial charge in [0, 0.05) is 10.0 Å². The van der Waals surface area contributed by atoms with Crippen molar-refractivity contribution in [3.8, 4) is 11.4 Å². The first-order valence-corrected chi connectivity index (χ1v) is 9.55. The fourth-order valence-corrected chi connectivity index (χ4v) is 3.22. The molecular weight excluding hydrogens is 414 g/mol. The molecule has 28 heavy (non-hydrogen) atoms. The molecule has 0 amide bonds. The first-order chi connectivity index (χ1) is 13.7. The summed E-state index contributed by atoms with van der Waals surface area (Å²) in [5, 5.41) is 4.96. The fourth-order valence-electron chi connectivity index (χ4n) is 2.86. The molecule has 0 bridgehead atoms. The van der Waals surface area contributed by atoms with Crippen LogP contribution in [0.3, 0.4) is 0 Å². The van der Waals surface area contributed by atoms with Crippen molar-refractivity contribution in [2.45, 2.75) is 0 Å². The summed E-state index contributed by atoms with van der Waals surface area (Å²) in [4.78, 5) is 17.8. The fraction of sp³-hybridized carbons (Fsp3) is 0. The second-order valence-corrected chi connectivity index (χ2v) is 7.04. The minimum atomic E-state index is -0.208. The lowest BCUT2D eigenvalue weighted by molar-refractivity contribution is 0.830. The number of halogens is 1. The summed E-state index contributed by atoms with van der Waals surface area (Å²) >= 11 is 3.50. The van der Waals surface area contributed by atoms with Crippen molar-refractivity contribution in [1.29, 1.82) is 0 Å².